The van der Waals surface area contributed by atoms with E-state index in [4.69, 9.17) is 4.74 Å². The predicted molar refractivity (Wildman–Crippen MR) is 159 cm³/mol. The number of hydrazone groups is 1. The number of aromatic nitrogens is 3. The highest BCUT2D eigenvalue weighted by Crippen LogP contribution is 2.21. The number of nitrogens with one attached hydrogen (secondary N) is 3. The Kier molecular flexibility index (Phi) is 8.75. The highest BCUT2D eigenvalue weighted by molar-refractivity contribution is 5.95. The van der Waals surface area contributed by atoms with Crippen molar-refractivity contribution in [3.05, 3.63) is 95.6 Å². The maximum atomic E-state index is 12.4. The van der Waals surface area contributed by atoms with E-state index in [0.717, 1.165) is 42.7 Å². The summed E-state index contributed by atoms with van der Waals surface area (Å²) in [5.74, 6) is 0.306. The second-order valence-corrected chi connectivity index (χ2v) is 9.45. The molecule has 1 amide bonds. The molecule has 1 aliphatic heterocycles. The Hall–Kier alpha value is -5.32. The molecule has 0 aliphatic carbocycles. The third-order valence-electron chi connectivity index (χ3n) is 6.24. The zero-order valence-corrected chi connectivity index (χ0v) is 22.6. The number of carbonyl (C=O) groups excluding carboxylic acids is 2. The van der Waals surface area contributed by atoms with Gasteiger partial charge in [0, 0.05) is 24.5 Å². The standard InChI is InChI=1S/C30H30N8O3/c1-21-9-15-25(16-10-21)32-26(39)20-41-27(40)23-13-11-22(12-14-23)19-31-37-29-34-28(33-24-7-3-2-4-8-24)35-30(36-29)38-17-5-6-18-38/h2-4,7-16,19H,5-6,17-18,20H2,1H3,(H,32,39)(H2,33,34,35,36,37)/b31-19+. The second kappa shape index (κ2) is 13.2. The average Bonchev–Trinajstić information content (AvgIpc) is 3.53. The normalized spacial score (nSPS) is 12.8. The van der Waals surface area contributed by atoms with Crippen LogP contribution in [0.2, 0.25) is 0 Å². The molecular formula is C30H30N8O3. The monoisotopic (exact) mass is 550 g/mol. The molecule has 0 radical (unpaired) electrons. The van der Waals surface area contributed by atoms with Gasteiger partial charge in [-0.15, -0.1) is 0 Å². The fraction of sp³-hybridized carbons (Fsp3) is 0.200. The number of nitrogens with zero attached hydrogens (tertiary/aromatic N) is 5. The maximum Gasteiger partial charge on any atom is 0.338 e. The fourth-order valence-electron chi connectivity index (χ4n) is 4.10. The van der Waals surface area contributed by atoms with E-state index in [0.29, 0.717) is 29.1 Å². The molecule has 1 aliphatic rings. The Labute approximate surface area is 237 Å². The van der Waals surface area contributed by atoms with Crippen molar-refractivity contribution in [3.63, 3.8) is 0 Å². The van der Waals surface area contributed by atoms with Gasteiger partial charge in [-0.25, -0.2) is 10.2 Å². The summed E-state index contributed by atoms with van der Waals surface area (Å²) in [6.07, 6.45) is 3.78. The van der Waals surface area contributed by atoms with E-state index >= 15 is 0 Å². The van der Waals surface area contributed by atoms with Gasteiger partial charge < -0.3 is 20.3 Å². The highest BCUT2D eigenvalue weighted by atomic mass is 16.5. The molecule has 0 bridgehead atoms. The SMILES string of the molecule is Cc1ccc(NC(=O)COC(=O)c2ccc(/C=N/Nc3nc(Nc4ccccc4)nc(N4CCCC4)n3)cc2)cc1. The van der Waals surface area contributed by atoms with Crippen LogP contribution in [0.4, 0.5) is 29.2 Å². The largest absolute Gasteiger partial charge is 0.452 e. The summed E-state index contributed by atoms with van der Waals surface area (Å²) >= 11 is 0. The number of anilines is 5. The van der Waals surface area contributed by atoms with Crippen LogP contribution in [0.15, 0.2) is 84.0 Å². The minimum absolute atomic E-state index is 0.306. The Morgan fingerprint density at radius 2 is 1.59 bits per heavy atom. The van der Waals surface area contributed by atoms with Gasteiger partial charge in [0.05, 0.1) is 11.8 Å². The first-order valence-electron chi connectivity index (χ1n) is 13.3. The molecule has 41 heavy (non-hydrogen) atoms. The van der Waals surface area contributed by atoms with Crippen LogP contribution in [0.1, 0.15) is 34.3 Å². The molecule has 0 saturated carbocycles. The van der Waals surface area contributed by atoms with Crippen LogP contribution in [-0.2, 0) is 9.53 Å². The summed E-state index contributed by atoms with van der Waals surface area (Å²) in [4.78, 5) is 40.2. The summed E-state index contributed by atoms with van der Waals surface area (Å²) in [6.45, 7) is 3.36. The molecule has 0 atom stereocenters. The third kappa shape index (κ3) is 7.85. The van der Waals surface area contributed by atoms with Crippen LogP contribution < -0.4 is 21.0 Å². The van der Waals surface area contributed by atoms with E-state index in [1.165, 1.54) is 0 Å². The van der Waals surface area contributed by atoms with Gasteiger partial charge in [-0.2, -0.15) is 20.1 Å². The first kappa shape index (κ1) is 27.3. The van der Waals surface area contributed by atoms with Crippen LogP contribution in [0.5, 0.6) is 0 Å². The molecule has 1 fully saturated rings. The lowest BCUT2D eigenvalue weighted by molar-refractivity contribution is -0.119. The number of hydrogen-bond donors (Lipinski definition) is 3. The van der Waals surface area contributed by atoms with Gasteiger partial charge in [-0.05, 0) is 61.7 Å². The molecule has 1 aromatic heterocycles. The number of carbonyl (C=O) groups is 2. The maximum absolute atomic E-state index is 12.4. The summed E-state index contributed by atoms with van der Waals surface area (Å²) in [6, 6.07) is 23.7. The van der Waals surface area contributed by atoms with Crippen LogP contribution in [0, 0.1) is 6.92 Å². The number of aryl methyl sites for hydroxylation is 1. The van der Waals surface area contributed by atoms with Gasteiger partial charge in [-0.1, -0.05) is 48.0 Å². The molecule has 3 aromatic carbocycles. The van der Waals surface area contributed by atoms with Crippen molar-refractivity contribution in [1.29, 1.82) is 0 Å². The van der Waals surface area contributed by atoms with E-state index in [9.17, 15) is 9.59 Å². The lowest BCUT2D eigenvalue weighted by Gasteiger charge is -2.16. The first-order valence-corrected chi connectivity index (χ1v) is 13.3. The zero-order valence-electron chi connectivity index (χ0n) is 22.6. The van der Waals surface area contributed by atoms with Gasteiger partial charge in [0.15, 0.2) is 6.61 Å². The molecule has 2 heterocycles. The average molecular weight is 551 g/mol. The second-order valence-electron chi connectivity index (χ2n) is 9.45. The molecule has 11 nitrogen and oxygen atoms in total. The van der Waals surface area contributed by atoms with Crippen molar-refractivity contribution >= 4 is 47.3 Å². The Bertz CT molecular complexity index is 1500. The Morgan fingerprint density at radius 3 is 2.32 bits per heavy atom. The van der Waals surface area contributed by atoms with Gasteiger partial charge in [0.1, 0.15) is 0 Å². The van der Waals surface area contributed by atoms with Crippen molar-refractivity contribution in [3.8, 4) is 0 Å². The van der Waals surface area contributed by atoms with Crippen molar-refractivity contribution in [2.24, 2.45) is 5.10 Å². The van der Waals surface area contributed by atoms with Crippen LogP contribution in [0.25, 0.3) is 0 Å². The molecule has 3 N–H and O–H groups in total. The number of para-hydroxylation sites is 1. The smallest absolute Gasteiger partial charge is 0.338 e. The molecule has 1 saturated heterocycles. The van der Waals surface area contributed by atoms with Crippen LogP contribution >= 0.6 is 0 Å². The van der Waals surface area contributed by atoms with Crippen molar-refractivity contribution in [2.75, 3.05) is 40.7 Å². The lowest BCUT2D eigenvalue weighted by atomic mass is 10.1. The molecule has 5 rings (SSSR count). The quantitative estimate of drug-likeness (QED) is 0.145. The number of amides is 1. The van der Waals surface area contributed by atoms with Gasteiger partial charge in [0.25, 0.3) is 5.91 Å². The van der Waals surface area contributed by atoms with Crippen LogP contribution in [0.3, 0.4) is 0 Å². The molecule has 4 aromatic rings. The summed E-state index contributed by atoms with van der Waals surface area (Å²) in [5.41, 5.74) is 6.53. The van der Waals surface area contributed by atoms with Crippen molar-refractivity contribution < 1.29 is 14.3 Å². The Morgan fingerprint density at radius 1 is 0.878 bits per heavy atom. The molecule has 11 heteroatoms. The van der Waals surface area contributed by atoms with Crippen LogP contribution in [-0.4, -0.2) is 52.7 Å². The van der Waals surface area contributed by atoms with Gasteiger partial charge >= 0.3 is 5.97 Å². The van der Waals surface area contributed by atoms with Crippen molar-refractivity contribution in [2.45, 2.75) is 19.8 Å². The van der Waals surface area contributed by atoms with E-state index in [1.54, 1.807) is 42.6 Å². The third-order valence-corrected chi connectivity index (χ3v) is 6.24. The number of rotatable bonds is 10. The highest BCUT2D eigenvalue weighted by Gasteiger charge is 2.17. The number of hydrogen-bond acceptors (Lipinski definition) is 10. The molecule has 0 spiro atoms. The molecular weight excluding hydrogens is 520 g/mol. The van der Waals surface area contributed by atoms with E-state index in [-0.39, 0.29) is 6.61 Å². The first-order chi connectivity index (χ1) is 20.0. The van der Waals surface area contributed by atoms with Gasteiger partial charge in [0.2, 0.25) is 17.8 Å². The minimum atomic E-state index is -0.594. The number of ether oxygens (including phenoxy) is 1. The molecule has 0 unspecified atom stereocenters. The summed E-state index contributed by atoms with van der Waals surface area (Å²) in [7, 11) is 0. The van der Waals surface area contributed by atoms with Crippen molar-refractivity contribution in [1.82, 2.24) is 15.0 Å². The molecule has 208 valence electrons. The number of benzene rings is 3. The van der Waals surface area contributed by atoms with E-state index in [1.807, 2.05) is 49.4 Å². The van der Waals surface area contributed by atoms with E-state index < -0.39 is 11.9 Å². The summed E-state index contributed by atoms with van der Waals surface area (Å²) < 4.78 is 5.14. The summed E-state index contributed by atoms with van der Waals surface area (Å²) in [5, 5.41) is 10.2. The van der Waals surface area contributed by atoms with E-state index in [2.05, 4.69) is 41.0 Å². The zero-order chi connectivity index (χ0) is 28.4. The number of esters is 1. The lowest BCUT2D eigenvalue weighted by Crippen LogP contribution is -2.21. The topological polar surface area (TPSA) is 134 Å². The fourth-order valence-corrected chi connectivity index (χ4v) is 4.10. The minimum Gasteiger partial charge on any atom is -0.452 e. The Balaban J connectivity index is 1.17. The predicted octanol–water partition coefficient (Wildman–Crippen LogP) is 4.77. The van der Waals surface area contributed by atoms with Gasteiger partial charge in [-0.3, -0.25) is 4.79 Å².